The van der Waals surface area contributed by atoms with Gasteiger partial charge in [0, 0.05) is 22.0 Å². The Balaban J connectivity index is 1.81. The van der Waals surface area contributed by atoms with E-state index in [2.05, 4.69) is 15.5 Å². The van der Waals surface area contributed by atoms with Gasteiger partial charge in [0.15, 0.2) is 5.82 Å². The molecular weight excluding hydrogens is 369 g/mol. The number of fused-ring (bicyclic) bond motifs is 1. The lowest BCUT2D eigenvalue weighted by Crippen LogP contribution is -1.99. The maximum atomic E-state index is 9.50. The first-order valence-electron chi connectivity index (χ1n) is 7.89. The van der Waals surface area contributed by atoms with Crippen molar-refractivity contribution in [1.29, 1.82) is 0 Å². The molecule has 4 rings (SSSR count). The third kappa shape index (κ3) is 3.17. The van der Waals surface area contributed by atoms with Gasteiger partial charge in [0.25, 0.3) is 0 Å². The molecule has 0 fully saturated rings. The lowest BCUT2D eigenvalue weighted by molar-refractivity contribution is 0.475. The molecule has 0 saturated carbocycles. The Morgan fingerprint density at radius 1 is 0.769 bits per heavy atom. The van der Waals surface area contributed by atoms with Gasteiger partial charge in [-0.1, -0.05) is 47.5 Å². The lowest BCUT2D eigenvalue weighted by Gasteiger charge is -2.11. The van der Waals surface area contributed by atoms with Crippen molar-refractivity contribution in [3.05, 3.63) is 76.8 Å². The average molecular weight is 382 g/mol. The zero-order chi connectivity index (χ0) is 18.1. The van der Waals surface area contributed by atoms with Gasteiger partial charge in [-0.05, 0) is 42.5 Å². The number of halogens is 2. The molecule has 1 heterocycles. The first kappa shape index (κ1) is 16.6. The van der Waals surface area contributed by atoms with Gasteiger partial charge in [-0.2, -0.15) is 0 Å². The lowest BCUT2D eigenvalue weighted by atomic mass is 10.0. The summed E-state index contributed by atoms with van der Waals surface area (Å²) in [5, 5.41) is 24.3. The molecule has 3 aromatic carbocycles. The number of nitrogens with one attached hydrogen (secondary N) is 1. The van der Waals surface area contributed by atoms with Crippen LogP contribution >= 0.6 is 23.2 Å². The molecule has 0 atom stereocenters. The zero-order valence-corrected chi connectivity index (χ0v) is 15.0. The van der Waals surface area contributed by atoms with Crippen molar-refractivity contribution in [2.75, 3.05) is 5.32 Å². The van der Waals surface area contributed by atoms with Crippen LogP contribution in [0.25, 0.3) is 22.0 Å². The molecule has 0 saturated heterocycles. The van der Waals surface area contributed by atoms with E-state index in [9.17, 15) is 5.11 Å². The number of phenols is 1. The van der Waals surface area contributed by atoms with Crippen LogP contribution in [0.5, 0.6) is 5.75 Å². The minimum atomic E-state index is 0.212. The highest BCUT2D eigenvalue weighted by molar-refractivity contribution is 6.42. The van der Waals surface area contributed by atoms with E-state index in [0.29, 0.717) is 15.9 Å². The Morgan fingerprint density at radius 3 is 2.23 bits per heavy atom. The molecule has 0 radical (unpaired) electrons. The Hall–Kier alpha value is -2.82. The quantitative estimate of drug-likeness (QED) is 0.453. The standard InChI is InChI=1S/C20H13Cl2N3O/c21-17-10-7-13(11-18(17)22)23-20-16-4-2-1-3-15(16)19(24-25-20)12-5-8-14(26)9-6-12/h1-11,26H,(H,23,25). The fraction of sp³-hybridized carbons (Fsp3) is 0. The van der Waals surface area contributed by atoms with Crippen LogP contribution in [0.15, 0.2) is 66.7 Å². The van der Waals surface area contributed by atoms with Crippen LogP contribution in [0.4, 0.5) is 11.5 Å². The number of nitrogens with zero attached hydrogens (tertiary/aromatic N) is 2. The highest BCUT2D eigenvalue weighted by atomic mass is 35.5. The molecule has 0 aliphatic carbocycles. The predicted molar refractivity (Wildman–Crippen MR) is 106 cm³/mol. The third-order valence-corrected chi connectivity index (χ3v) is 4.75. The Morgan fingerprint density at radius 2 is 1.50 bits per heavy atom. The van der Waals surface area contributed by atoms with E-state index in [-0.39, 0.29) is 5.75 Å². The smallest absolute Gasteiger partial charge is 0.161 e. The van der Waals surface area contributed by atoms with Gasteiger partial charge in [0.2, 0.25) is 0 Å². The second-order valence-corrected chi connectivity index (χ2v) is 6.56. The van der Waals surface area contributed by atoms with Crippen LogP contribution < -0.4 is 5.32 Å². The summed E-state index contributed by atoms with van der Waals surface area (Å²) in [5.41, 5.74) is 2.41. The van der Waals surface area contributed by atoms with Crippen molar-refractivity contribution in [2.45, 2.75) is 0 Å². The Bertz CT molecular complexity index is 1100. The third-order valence-electron chi connectivity index (χ3n) is 4.01. The molecule has 128 valence electrons. The first-order chi connectivity index (χ1) is 12.6. The fourth-order valence-electron chi connectivity index (χ4n) is 2.74. The minimum absolute atomic E-state index is 0.212. The van der Waals surface area contributed by atoms with E-state index in [1.807, 2.05) is 42.5 Å². The van der Waals surface area contributed by atoms with E-state index in [0.717, 1.165) is 27.7 Å². The number of benzene rings is 3. The molecular formula is C20H13Cl2N3O. The van der Waals surface area contributed by atoms with Crippen molar-refractivity contribution in [1.82, 2.24) is 10.2 Å². The minimum Gasteiger partial charge on any atom is -0.508 e. The zero-order valence-electron chi connectivity index (χ0n) is 13.4. The highest BCUT2D eigenvalue weighted by Gasteiger charge is 2.11. The molecule has 0 spiro atoms. The molecule has 0 amide bonds. The monoisotopic (exact) mass is 381 g/mol. The second kappa shape index (κ2) is 6.83. The number of rotatable bonds is 3. The Labute approximate surface area is 160 Å². The summed E-state index contributed by atoms with van der Waals surface area (Å²) in [6.07, 6.45) is 0. The van der Waals surface area contributed by atoms with Crippen LogP contribution in [-0.4, -0.2) is 15.3 Å². The molecule has 4 nitrogen and oxygen atoms in total. The van der Waals surface area contributed by atoms with Crippen LogP contribution in [0.3, 0.4) is 0 Å². The van der Waals surface area contributed by atoms with Crippen molar-refractivity contribution >= 4 is 45.5 Å². The van der Waals surface area contributed by atoms with Crippen molar-refractivity contribution in [2.24, 2.45) is 0 Å². The molecule has 1 aromatic heterocycles. The molecule has 0 unspecified atom stereocenters. The molecule has 0 bridgehead atoms. The fourth-order valence-corrected chi connectivity index (χ4v) is 3.04. The molecule has 26 heavy (non-hydrogen) atoms. The summed E-state index contributed by atoms with van der Waals surface area (Å²) in [4.78, 5) is 0. The largest absolute Gasteiger partial charge is 0.508 e. The van der Waals surface area contributed by atoms with Gasteiger partial charge in [-0.15, -0.1) is 10.2 Å². The van der Waals surface area contributed by atoms with E-state index < -0.39 is 0 Å². The van der Waals surface area contributed by atoms with Gasteiger partial charge in [-0.25, -0.2) is 0 Å². The summed E-state index contributed by atoms with van der Waals surface area (Å²) in [5.74, 6) is 0.838. The van der Waals surface area contributed by atoms with E-state index >= 15 is 0 Å². The van der Waals surface area contributed by atoms with Crippen LogP contribution in [0, 0.1) is 0 Å². The molecule has 0 aliphatic heterocycles. The van der Waals surface area contributed by atoms with Gasteiger partial charge in [0.1, 0.15) is 11.4 Å². The molecule has 4 aromatic rings. The van der Waals surface area contributed by atoms with Crippen LogP contribution in [0.1, 0.15) is 0 Å². The van der Waals surface area contributed by atoms with Crippen LogP contribution in [0.2, 0.25) is 10.0 Å². The highest BCUT2D eigenvalue weighted by Crippen LogP contribution is 2.33. The SMILES string of the molecule is Oc1ccc(-c2nnc(Nc3ccc(Cl)c(Cl)c3)c3ccccc23)cc1. The summed E-state index contributed by atoms with van der Waals surface area (Å²) >= 11 is 12.1. The summed E-state index contributed by atoms with van der Waals surface area (Å²) in [6, 6.07) is 20.1. The number of aromatic hydroxyl groups is 1. The number of hydrogen-bond donors (Lipinski definition) is 2. The average Bonchev–Trinajstić information content (AvgIpc) is 2.66. The second-order valence-electron chi connectivity index (χ2n) is 5.74. The topological polar surface area (TPSA) is 58.0 Å². The molecule has 2 N–H and O–H groups in total. The first-order valence-corrected chi connectivity index (χ1v) is 8.64. The van der Waals surface area contributed by atoms with Gasteiger partial charge in [-0.3, -0.25) is 0 Å². The summed E-state index contributed by atoms with van der Waals surface area (Å²) in [6.45, 7) is 0. The number of aromatic nitrogens is 2. The summed E-state index contributed by atoms with van der Waals surface area (Å²) in [7, 11) is 0. The van der Waals surface area contributed by atoms with Crippen LogP contribution in [-0.2, 0) is 0 Å². The van der Waals surface area contributed by atoms with Gasteiger partial charge < -0.3 is 10.4 Å². The van der Waals surface area contributed by atoms with Crippen molar-refractivity contribution in [3.8, 4) is 17.0 Å². The predicted octanol–water partition coefficient (Wildman–Crippen LogP) is 6.05. The van der Waals surface area contributed by atoms with E-state index in [4.69, 9.17) is 23.2 Å². The number of hydrogen-bond acceptors (Lipinski definition) is 4. The van der Waals surface area contributed by atoms with Gasteiger partial charge >= 0.3 is 0 Å². The number of anilines is 2. The normalized spacial score (nSPS) is 10.8. The maximum Gasteiger partial charge on any atom is 0.161 e. The van der Waals surface area contributed by atoms with E-state index in [1.54, 1.807) is 24.3 Å². The number of phenolic OH excluding ortho intramolecular Hbond substituents is 1. The Kier molecular flexibility index (Phi) is 4.37. The van der Waals surface area contributed by atoms with Crippen molar-refractivity contribution in [3.63, 3.8) is 0 Å². The van der Waals surface area contributed by atoms with Gasteiger partial charge in [0.05, 0.1) is 10.0 Å². The molecule has 0 aliphatic rings. The van der Waals surface area contributed by atoms with Crippen molar-refractivity contribution < 1.29 is 5.11 Å². The summed E-state index contributed by atoms with van der Waals surface area (Å²) < 4.78 is 0. The maximum absolute atomic E-state index is 9.50. The molecule has 6 heteroatoms. The van der Waals surface area contributed by atoms with E-state index in [1.165, 1.54) is 0 Å².